The molecule has 0 aliphatic carbocycles. The van der Waals surface area contributed by atoms with Crippen LogP contribution in [0.2, 0.25) is 0 Å². The van der Waals surface area contributed by atoms with Gasteiger partial charge in [-0.1, -0.05) is 64.5 Å². The number of fused-ring (bicyclic) bond motifs is 1. The van der Waals surface area contributed by atoms with E-state index < -0.39 is 23.3 Å². The molecule has 0 saturated heterocycles. The first-order chi connectivity index (χ1) is 20.3. The van der Waals surface area contributed by atoms with E-state index in [0.717, 1.165) is 32.4 Å². The van der Waals surface area contributed by atoms with Gasteiger partial charge in [0, 0.05) is 22.1 Å². The van der Waals surface area contributed by atoms with Crippen LogP contribution in [0.5, 0.6) is 0 Å². The number of halogens is 1. The number of hydrogen-bond donors (Lipinski definition) is 2. The number of ether oxygens (including phenoxy) is 1. The van der Waals surface area contributed by atoms with Gasteiger partial charge in [-0.25, -0.2) is 4.79 Å². The molecule has 0 saturated carbocycles. The molecule has 1 aliphatic heterocycles. The summed E-state index contributed by atoms with van der Waals surface area (Å²) in [6.07, 6.45) is 0.433. The first kappa shape index (κ1) is 31.8. The molecule has 3 amide bonds. The summed E-state index contributed by atoms with van der Waals surface area (Å²) in [7, 11) is 0. The fourth-order valence-electron chi connectivity index (χ4n) is 5.13. The van der Waals surface area contributed by atoms with Crippen LogP contribution in [0.15, 0.2) is 71.2 Å². The van der Waals surface area contributed by atoms with E-state index in [1.165, 1.54) is 0 Å². The van der Waals surface area contributed by atoms with Crippen LogP contribution in [0.25, 0.3) is 11.1 Å². The van der Waals surface area contributed by atoms with Crippen molar-refractivity contribution in [3.05, 3.63) is 87.9 Å². The first-order valence-corrected chi connectivity index (χ1v) is 15.0. The lowest BCUT2D eigenvalue weighted by Gasteiger charge is -2.30. The van der Waals surface area contributed by atoms with Crippen LogP contribution < -0.4 is 15.5 Å². The Morgan fingerprint density at radius 1 is 1.05 bits per heavy atom. The maximum Gasteiger partial charge on any atom is 0.408 e. The maximum atomic E-state index is 14.0. The second-order valence-electron chi connectivity index (χ2n) is 12.4. The molecular weight excluding hydrogens is 608 g/mol. The van der Waals surface area contributed by atoms with Gasteiger partial charge in [-0.3, -0.25) is 9.59 Å². The van der Waals surface area contributed by atoms with Crippen molar-refractivity contribution in [2.24, 2.45) is 0 Å². The largest absolute Gasteiger partial charge is 0.444 e. The van der Waals surface area contributed by atoms with Gasteiger partial charge in [0.15, 0.2) is 0 Å². The second kappa shape index (κ2) is 13.0. The molecule has 1 aliphatic rings. The van der Waals surface area contributed by atoms with Gasteiger partial charge in [0.2, 0.25) is 11.8 Å². The van der Waals surface area contributed by atoms with E-state index in [4.69, 9.17) is 4.74 Å². The van der Waals surface area contributed by atoms with E-state index in [0.29, 0.717) is 18.4 Å². The number of anilines is 1. The number of nitrogens with one attached hydrogen (secondary N) is 2. The SMILES string of the molecule is CC(C)(CC(=O)N[C@@H]1CCc2ccccc2N(Cc2ccc(-c3ccccc3C#N)cc2Br)C1=O)NC(=O)OC(C)(C)C. The Labute approximate surface area is 261 Å². The summed E-state index contributed by atoms with van der Waals surface area (Å²) in [4.78, 5) is 41.2. The summed E-state index contributed by atoms with van der Waals surface area (Å²) in [6.45, 7) is 9.08. The van der Waals surface area contributed by atoms with Gasteiger partial charge in [0.1, 0.15) is 11.6 Å². The molecule has 9 heteroatoms. The lowest BCUT2D eigenvalue weighted by molar-refractivity contribution is -0.128. The van der Waals surface area contributed by atoms with Gasteiger partial charge in [-0.15, -0.1) is 0 Å². The number of aryl methyl sites for hydroxylation is 1. The first-order valence-electron chi connectivity index (χ1n) is 14.2. The molecule has 224 valence electrons. The van der Waals surface area contributed by atoms with Crippen molar-refractivity contribution in [2.45, 2.75) is 77.6 Å². The zero-order valence-corrected chi connectivity index (χ0v) is 26.7. The van der Waals surface area contributed by atoms with Crippen LogP contribution in [0.3, 0.4) is 0 Å². The Bertz CT molecular complexity index is 1570. The summed E-state index contributed by atoms with van der Waals surface area (Å²) in [6, 6.07) is 22.6. The quantitative estimate of drug-likeness (QED) is 0.299. The van der Waals surface area contributed by atoms with Crippen LogP contribution >= 0.6 is 15.9 Å². The normalized spacial score (nSPS) is 15.1. The molecule has 1 atom stereocenters. The van der Waals surface area contributed by atoms with Crippen LogP contribution in [-0.4, -0.2) is 35.1 Å². The Morgan fingerprint density at radius 2 is 1.74 bits per heavy atom. The number of alkyl carbamates (subject to hydrolysis) is 1. The highest BCUT2D eigenvalue weighted by Crippen LogP contribution is 2.33. The lowest BCUT2D eigenvalue weighted by atomic mass is 9.99. The number of carbonyl (C=O) groups is 3. The number of nitrogens with zero attached hydrogens (tertiary/aromatic N) is 2. The molecule has 0 radical (unpaired) electrons. The van der Waals surface area contributed by atoms with E-state index in [2.05, 4.69) is 32.6 Å². The maximum absolute atomic E-state index is 14.0. The molecule has 1 heterocycles. The number of para-hydroxylation sites is 1. The molecule has 0 aromatic heterocycles. The van der Waals surface area contributed by atoms with E-state index in [1.807, 2.05) is 60.7 Å². The van der Waals surface area contributed by atoms with Crippen molar-refractivity contribution < 1.29 is 19.1 Å². The monoisotopic (exact) mass is 644 g/mol. The number of hydrogen-bond acceptors (Lipinski definition) is 5. The van der Waals surface area contributed by atoms with Crippen molar-refractivity contribution in [3.8, 4) is 17.2 Å². The highest BCUT2D eigenvalue weighted by molar-refractivity contribution is 9.10. The van der Waals surface area contributed by atoms with Gasteiger partial charge in [-0.2, -0.15) is 5.26 Å². The molecular formula is C34H37BrN4O4. The summed E-state index contributed by atoms with van der Waals surface area (Å²) in [5, 5.41) is 15.2. The zero-order chi connectivity index (χ0) is 31.4. The Kier molecular flexibility index (Phi) is 9.61. The third-order valence-corrected chi connectivity index (χ3v) is 7.80. The van der Waals surface area contributed by atoms with Crippen LogP contribution in [0.4, 0.5) is 10.5 Å². The number of rotatable bonds is 7. The van der Waals surface area contributed by atoms with Gasteiger partial charge < -0.3 is 20.3 Å². The molecule has 4 rings (SSSR count). The minimum absolute atomic E-state index is 0.0276. The summed E-state index contributed by atoms with van der Waals surface area (Å²) in [5.74, 6) is -0.547. The average molecular weight is 646 g/mol. The minimum Gasteiger partial charge on any atom is -0.444 e. The van der Waals surface area contributed by atoms with Gasteiger partial charge in [0.05, 0.1) is 18.2 Å². The van der Waals surface area contributed by atoms with Crippen LogP contribution in [0.1, 0.15) is 64.2 Å². The van der Waals surface area contributed by atoms with Crippen LogP contribution in [0, 0.1) is 11.3 Å². The van der Waals surface area contributed by atoms with E-state index in [-0.39, 0.29) is 24.8 Å². The number of carbonyl (C=O) groups excluding carboxylic acids is 3. The fraction of sp³-hybridized carbons (Fsp3) is 0.353. The average Bonchev–Trinajstić information content (AvgIpc) is 3.04. The van der Waals surface area contributed by atoms with E-state index >= 15 is 0 Å². The Hall–Kier alpha value is -4.16. The third kappa shape index (κ3) is 8.23. The molecule has 0 spiro atoms. The van der Waals surface area contributed by atoms with Crippen molar-refractivity contribution in [1.82, 2.24) is 10.6 Å². The highest BCUT2D eigenvalue weighted by atomic mass is 79.9. The number of nitriles is 1. The predicted molar refractivity (Wildman–Crippen MR) is 170 cm³/mol. The smallest absolute Gasteiger partial charge is 0.408 e. The standard InChI is InChI=1S/C34H37BrN4O4/c1-33(2,3)43-32(42)38-34(4,5)19-30(40)37-28-17-16-22-10-7-9-13-29(22)39(31(28)41)21-25-15-14-23(18-27(25)35)26-12-8-6-11-24(26)20-36/h6-15,18,28H,16-17,19,21H2,1-5H3,(H,37,40)(H,38,42)/t28-/m1/s1. The summed E-state index contributed by atoms with van der Waals surface area (Å²) in [5.41, 5.74) is 3.47. The lowest BCUT2D eigenvalue weighted by Crippen LogP contribution is -2.52. The molecule has 3 aromatic rings. The molecule has 0 bridgehead atoms. The Morgan fingerprint density at radius 3 is 2.44 bits per heavy atom. The highest BCUT2D eigenvalue weighted by Gasteiger charge is 2.34. The van der Waals surface area contributed by atoms with Gasteiger partial charge in [0.25, 0.3) is 0 Å². The molecule has 0 fully saturated rings. The molecule has 3 aromatic carbocycles. The van der Waals surface area contributed by atoms with Crippen molar-refractivity contribution in [3.63, 3.8) is 0 Å². The van der Waals surface area contributed by atoms with E-state index in [1.54, 1.807) is 45.6 Å². The molecule has 0 unspecified atom stereocenters. The summed E-state index contributed by atoms with van der Waals surface area (Å²) < 4.78 is 6.15. The van der Waals surface area contributed by atoms with Gasteiger partial charge >= 0.3 is 6.09 Å². The van der Waals surface area contributed by atoms with Crippen LogP contribution in [-0.2, 0) is 27.3 Å². The topological polar surface area (TPSA) is 112 Å². The van der Waals surface area contributed by atoms with Crippen molar-refractivity contribution in [1.29, 1.82) is 5.26 Å². The molecule has 43 heavy (non-hydrogen) atoms. The van der Waals surface area contributed by atoms with Crippen molar-refractivity contribution >= 4 is 39.5 Å². The summed E-state index contributed by atoms with van der Waals surface area (Å²) >= 11 is 3.69. The Balaban J connectivity index is 1.53. The fourth-order valence-corrected chi connectivity index (χ4v) is 5.63. The predicted octanol–water partition coefficient (Wildman–Crippen LogP) is 6.65. The van der Waals surface area contributed by atoms with Gasteiger partial charge in [-0.05, 0) is 87.9 Å². The van der Waals surface area contributed by atoms with E-state index in [9.17, 15) is 19.6 Å². The third-order valence-electron chi connectivity index (χ3n) is 7.07. The molecule has 2 N–H and O–H groups in total. The van der Waals surface area contributed by atoms with Crippen molar-refractivity contribution in [2.75, 3.05) is 4.90 Å². The minimum atomic E-state index is -0.889. The number of benzene rings is 3. The second-order valence-corrected chi connectivity index (χ2v) is 13.2. The number of amides is 3. The molecule has 8 nitrogen and oxygen atoms in total. The zero-order valence-electron chi connectivity index (χ0n) is 25.2.